The molecule has 1 heterocycles. The Labute approximate surface area is 71.3 Å². The highest BCUT2D eigenvalue weighted by Gasteiger charge is 1.79. The number of allylic oxidation sites excluding steroid dienone is 3. The molecule has 0 aliphatic carbocycles. The number of aldehydes is 1. The van der Waals surface area contributed by atoms with E-state index < -0.39 is 0 Å². The van der Waals surface area contributed by atoms with E-state index >= 15 is 0 Å². The molecule has 0 N–H and O–H groups in total. The molecule has 0 saturated heterocycles. The Morgan fingerprint density at radius 1 is 1.25 bits per heavy atom. The third-order valence-corrected chi connectivity index (χ3v) is 1.27. The lowest BCUT2D eigenvalue weighted by atomic mass is 10.2. The molecule has 1 rings (SSSR count). The van der Waals surface area contributed by atoms with Crippen molar-refractivity contribution in [2.45, 2.75) is 0 Å². The quantitative estimate of drug-likeness (QED) is 0.382. The van der Waals surface area contributed by atoms with Crippen molar-refractivity contribution in [1.82, 2.24) is 4.98 Å². The van der Waals surface area contributed by atoms with Crippen molar-refractivity contribution in [3.05, 3.63) is 48.3 Å². The number of hydrogen-bond acceptors (Lipinski definition) is 2. The van der Waals surface area contributed by atoms with Gasteiger partial charge in [0.05, 0.1) is 0 Å². The normalized spacial score (nSPS) is 11.0. The molecule has 0 unspecified atom stereocenters. The van der Waals surface area contributed by atoms with E-state index in [4.69, 9.17) is 0 Å². The molecule has 1 aromatic heterocycles. The van der Waals surface area contributed by atoms with Gasteiger partial charge in [0.15, 0.2) is 0 Å². The minimum atomic E-state index is 0.744. The molecule has 0 spiro atoms. The number of hydrogen-bond donors (Lipinski definition) is 0. The van der Waals surface area contributed by atoms with Crippen LogP contribution in [0.5, 0.6) is 0 Å². The van der Waals surface area contributed by atoms with Gasteiger partial charge in [0, 0.05) is 12.4 Å². The molecule has 0 fully saturated rings. The Bertz CT molecular complexity index is 288. The van der Waals surface area contributed by atoms with Crippen molar-refractivity contribution in [1.29, 1.82) is 0 Å². The zero-order valence-electron chi connectivity index (χ0n) is 6.55. The van der Waals surface area contributed by atoms with Gasteiger partial charge in [0.1, 0.15) is 6.29 Å². The first kappa shape index (κ1) is 8.40. The van der Waals surface area contributed by atoms with Crippen LogP contribution in [0.1, 0.15) is 5.56 Å². The molecular weight excluding hydrogens is 150 g/mol. The SMILES string of the molecule is O=CC=CC=Cc1cccnc1. The third kappa shape index (κ3) is 2.92. The maximum absolute atomic E-state index is 9.88. The third-order valence-electron chi connectivity index (χ3n) is 1.27. The Balaban J connectivity index is 2.58. The molecule has 0 atom stereocenters. The average molecular weight is 159 g/mol. The summed E-state index contributed by atoms with van der Waals surface area (Å²) >= 11 is 0. The predicted molar refractivity (Wildman–Crippen MR) is 48.5 cm³/mol. The lowest BCUT2D eigenvalue weighted by Crippen LogP contribution is -1.71. The van der Waals surface area contributed by atoms with Crippen LogP contribution in [0.15, 0.2) is 42.8 Å². The standard InChI is InChI=1S/C10H9NO/c12-8-3-1-2-5-10-6-4-7-11-9-10/h1-9H. The lowest BCUT2D eigenvalue weighted by molar-refractivity contribution is -0.104. The van der Waals surface area contributed by atoms with E-state index in [9.17, 15) is 4.79 Å². The molecule has 0 aliphatic heterocycles. The van der Waals surface area contributed by atoms with Gasteiger partial charge in [0.25, 0.3) is 0 Å². The van der Waals surface area contributed by atoms with Crippen molar-refractivity contribution in [2.24, 2.45) is 0 Å². The number of carbonyl (C=O) groups excluding carboxylic acids is 1. The highest BCUT2D eigenvalue weighted by molar-refractivity contribution is 5.66. The zero-order valence-corrected chi connectivity index (χ0v) is 6.55. The van der Waals surface area contributed by atoms with E-state index in [0.29, 0.717) is 0 Å². The second-order valence-electron chi connectivity index (χ2n) is 2.17. The van der Waals surface area contributed by atoms with Gasteiger partial charge < -0.3 is 0 Å². The van der Waals surface area contributed by atoms with Crippen molar-refractivity contribution in [3.63, 3.8) is 0 Å². The van der Waals surface area contributed by atoms with E-state index in [2.05, 4.69) is 4.98 Å². The lowest BCUT2D eigenvalue weighted by Gasteiger charge is -1.86. The number of aromatic nitrogens is 1. The number of rotatable bonds is 3. The van der Waals surface area contributed by atoms with Crippen LogP contribution in [0.4, 0.5) is 0 Å². The Kier molecular flexibility index (Phi) is 3.51. The molecule has 0 bridgehead atoms. The topological polar surface area (TPSA) is 30.0 Å². The maximum Gasteiger partial charge on any atom is 0.142 e. The first-order valence-electron chi connectivity index (χ1n) is 3.62. The molecule has 2 heteroatoms. The van der Waals surface area contributed by atoms with Crippen LogP contribution in [0, 0.1) is 0 Å². The van der Waals surface area contributed by atoms with Crippen LogP contribution < -0.4 is 0 Å². The molecule has 0 radical (unpaired) electrons. The summed E-state index contributed by atoms with van der Waals surface area (Å²) in [5.74, 6) is 0. The smallest absolute Gasteiger partial charge is 0.142 e. The van der Waals surface area contributed by atoms with E-state index in [1.165, 1.54) is 6.08 Å². The first-order valence-corrected chi connectivity index (χ1v) is 3.62. The van der Waals surface area contributed by atoms with Crippen LogP contribution in [-0.4, -0.2) is 11.3 Å². The average Bonchev–Trinajstić information content (AvgIpc) is 2.14. The summed E-state index contributed by atoms with van der Waals surface area (Å²) in [6.45, 7) is 0. The van der Waals surface area contributed by atoms with Crippen LogP contribution in [-0.2, 0) is 4.79 Å². The van der Waals surface area contributed by atoms with E-state index in [1.54, 1.807) is 24.5 Å². The summed E-state index contributed by atoms with van der Waals surface area (Å²) in [6, 6.07) is 3.81. The van der Waals surface area contributed by atoms with Crippen LogP contribution in [0.3, 0.4) is 0 Å². The second-order valence-corrected chi connectivity index (χ2v) is 2.17. The highest BCUT2D eigenvalue weighted by Crippen LogP contribution is 1.97. The summed E-state index contributed by atoms with van der Waals surface area (Å²) in [5, 5.41) is 0. The van der Waals surface area contributed by atoms with Crippen molar-refractivity contribution < 1.29 is 4.79 Å². The van der Waals surface area contributed by atoms with Gasteiger partial charge in [-0.1, -0.05) is 24.3 Å². The van der Waals surface area contributed by atoms with E-state index in [1.807, 2.05) is 18.2 Å². The molecule has 0 amide bonds. The van der Waals surface area contributed by atoms with Crippen LogP contribution >= 0.6 is 0 Å². The molecule has 0 aliphatic rings. The first-order chi connectivity index (χ1) is 5.93. The van der Waals surface area contributed by atoms with Crippen LogP contribution in [0.25, 0.3) is 6.08 Å². The van der Waals surface area contributed by atoms with Gasteiger partial charge in [-0.25, -0.2) is 0 Å². The fourth-order valence-electron chi connectivity index (χ4n) is 0.751. The molecular formula is C10H9NO. The van der Waals surface area contributed by atoms with Gasteiger partial charge in [-0.05, 0) is 17.7 Å². The van der Waals surface area contributed by atoms with Gasteiger partial charge in [-0.15, -0.1) is 0 Å². The largest absolute Gasteiger partial charge is 0.299 e. The Morgan fingerprint density at radius 2 is 2.17 bits per heavy atom. The molecule has 60 valence electrons. The summed E-state index contributed by atoms with van der Waals surface area (Å²) in [4.78, 5) is 13.8. The minimum absolute atomic E-state index is 0.744. The van der Waals surface area contributed by atoms with Crippen molar-refractivity contribution in [3.8, 4) is 0 Å². The Hall–Kier alpha value is -1.70. The van der Waals surface area contributed by atoms with Gasteiger partial charge >= 0.3 is 0 Å². The monoisotopic (exact) mass is 159 g/mol. The predicted octanol–water partition coefficient (Wildman–Crippen LogP) is 1.85. The number of nitrogens with zero attached hydrogens (tertiary/aromatic N) is 1. The minimum Gasteiger partial charge on any atom is -0.299 e. The van der Waals surface area contributed by atoms with Crippen molar-refractivity contribution >= 4 is 12.4 Å². The Morgan fingerprint density at radius 3 is 2.83 bits per heavy atom. The van der Waals surface area contributed by atoms with Crippen molar-refractivity contribution in [2.75, 3.05) is 0 Å². The van der Waals surface area contributed by atoms with Gasteiger partial charge in [-0.3, -0.25) is 9.78 Å². The number of carbonyl (C=O) groups is 1. The van der Waals surface area contributed by atoms with E-state index in [0.717, 1.165) is 11.8 Å². The fourth-order valence-corrected chi connectivity index (χ4v) is 0.751. The number of pyridine rings is 1. The maximum atomic E-state index is 9.88. The summed E-state index contributed by atoms with van der Waals surface area (Å²) in [7, 11) is 0. The summed E-state index contributed by atoms with van der Waals surface area (Å²) in [6.07, 6.45) is 11.0. The molecule has 2 nitrogen and oxygen atoms in total. The molecule has 0 aromatic carbocycles. The highest BCUT2D eigenvalue weighted by atomic mass is 16.1. The molecule has 12 heavy (non-hydrogen) atoms. The zero-order chi connectivity index (χ0) is 8.65. The van der Waals surface area contributed by atoms with Crippen LogP contribution in [0.2, 0.25) is 0 Å². The molecule has 0 saturated carbocycles. The summed E-state index contributed by atoms with van der Waals surface area (Å²) in [5.41, 5.74) is 1.02. The van der Waals surface area contributed by atoms with Gasteiger partial charge in [-0.2, -0.15) is 0 Å². The molecule has 1 aromatic rings. The van der Waals surface area contributed by atoms with Gasteiger partial charge in [0.2, 0.25) is 0 Å². The fraction of sp³-hybridized carbons (Fsp3) is 0. The summed E-state index contributed by atoms with van der Waals surface area (Å²) < 4.78 is 0. The van der Waals surface area contributed by atoms with E-state index in [-0.39, 0.29) is 0 Å². The second kappa shape index (κ2) is 5.02.